The summed E-state index contributed by atoms with van der Waals surface area (Å²) in [6.45, 7) is 0. The van der Waals surface area contributed by atoms with E-state index in [9.17, 15) is 26.7 Å². The first-order valence-corrected chi connectivity index (χ1v) is 8.60. The predicted molar refractivity (Wildman–Crippen MR) is 67.6 cm³/mol. The molecule has 0 radical (unpaired) electrons. The average molecular weight is 324 g/mol. The van der Waals surface area contributed by atoms with Crippen LogP contribution in [0.2, 0.25) is 0 Å². The van der Waals surface area contributed by atoms with Crippen molar-refractivity contribution in [2.75, 3.05) is 0 Å². The third kappa shape index (κ3) is 2.78. The van der Waals surface area contributed by atoms with Crippen LogP contribution in [0.4, 0.5) is 13.2 Å². The van der Waals surface area contributed by atoms with E-state index in [1.54, 1.807) is 0 Å². The fraction of sp³-hybridized carbons (Fsp3) is 0.923. The van der Waals surface area contributed by atoms with E-state index in [-0.39, 0.29) is 11.8 Å². The highest BCUT2D eigenvalue weighted by molar-refractivity contribution is 7.91. The van der Waals surface area contributed by atoms with Gasteiger partial charge in [0.15, 0.2) is 0 Å². The van der Waals surface area contributed by atoms with E-state index in [4.69, 9.17) is 0 Å². The van der Waals surface area contributed by atoms with Crippen molar-refractivity contribution in [1.29, 1.82) is 0 Å². The molecule has 4 aliphatic rings. The van der Waals surface area contributed by atoms with Gasteiger partial charge in [-0.3, -0.25) is 0 Å². The van der Waals surface area contributed by atoms with Gasteiger partial charge in [-0.1, -0.05) is 0 Å². The lowest BCUT2D eigenvalue weighted by atomic mass is 9.49. The Bertz CT molecular complexity index is 532. The molecule has 0 aliphatic heterocycles. The highest BCUT2D eigenvalue weighted by atomic mass is 32.2. The molecule has 4 saturated carbocycles. The molecular weight excluding hydrogens is 307 g/mol. The van der Waals surface area contributed by atoms with Crippen molar-refractivity contribution in [2.24, 2.45) is 27.6 Å². The maximum Gasteiger partial charge on any atom is 0.518 e. The van der Waals surface area contributed by atoms with Gasteiger partial charge in [-0.15, -0.1) is 0 Å². The molecule has 4 nitrogen and oxygen atoms in total. The fourth-order valence-corrected chi connectivity index (χ4v) is 5.48. The second kappa shape index (κ2) is 4.60. The Labute approximate surface area is 121 Å². The summed E-state index contributed by atoms with van der Waals surface area (Å²) in [6.07, 6.45) is 5.75. The van der Waals surface area contributed by atoms with E-state index in [2.05, 4.69) is 4.40 Å². The molecule has 0 heterocycles. The van der Waals surface area contributed by atoms with Crippen LogP contribution in [-0.2, 0) is 10.0 Å². The maximum absolute atomic E-state index is 12.3. The second-order valence-corrected chi connectivity index (χ2v) is 8.60. The Morgan fingerprint density at radius 1 is 1.10 bits per heavy atom. The van der Waals surface area contributed by atoms with E-state index in [0.29, 0.717) is 17.8 Å². The summed E-state index contributed by atoms with van der Waals surface area (Å²) in [5.74, 6) is 0.490. The summed E-state index contributed by atoms with van der Waals surface area (Å²) >= 11 is 0. The molecule has 0 atom stereocenters. The lowest BCUT2D eigenvalue weighted by molar-refractivity contribution is -0.223. The Morgan fingerprint density at radius 3 is 1.90 bits per heavy atom. The highest BCUT2D eigenvalue weighted by Crippen LogP contribution is 2.61. The molecule has 0 aromatic rings. The molecule has 0 spiro atoms. The van der Waals surface area contributed by atoms with Crippen LogP contribution in [0.3, 0.4) is 0 Å². The van der Waals surface area contributed by atoms with Crippen LogP contribution in [0.5, 0.6) is 0 Å². The molecule has 0 saturated heterocycles. The molecule has 4 bridgehead atoms. The van der Waals surface area contributed by atoms with Crippen molar-refractivity contribution in [3.63, 3.8) is 0 Å². The van der Waals surface area contributed by atoms with Gasteiger partial charge in [0.05, 0.1) is 0 Å². The van der Waals surface area contributed by atoms with Crippen molar-refractivity contribution in [3.05, 3.63) is 0 Å². The first-order chi connectivity index (χ1) is 9.59. The summed E-state index contributed by atoms with van der Waals surface area (Å²) in [6, 6.07) is 0. The van der Waals surface area contributed by atoms with Gasteiger partial charge in [-0.25, -0.2) is 0 Å². The second-order valence-electron chi connectivity index (χ2n) is 7.00. The third-order valence-electron chi connectivity index (χ3n) is 5.21. The Balaban J connectivity index is 1.78. The summed E-state index contributed by atoms with van der Waals surface area (Å²) < 4.78 is 61.1. The lowest BCUT2D eigenvalue weighted by Crippen LogP contribution is -2.48. The van der Waals surface area contributed by atoms with E-state index in [1.165, 1.54) is 0 Å². The van der Waals surface area contributed by atoms with Crippen molar-refractivity contribution in [1.82, 2.24) is 0 Å². The van der Waals surface area contributed by atoms with Gasteiger partial charge in [-0.2, -0.15) is 26.0 Å². The topological polar surface area (TPSA) is 69.6 Å². The van der Waals surface area contributed by atoms with Gasteiger partial charge >= 0.3 is 15.5 Å². The van der Waals surface area contributed by atoms with E-state index in [1.807, 2.05) is 0 Å². The Hall–Kier alpha value is -0.790. The van der Waals surface area contributed by atoms with Crippen LogP contribution < -0.4 is 5.11 Å². The first kappa shape index (κ1) is 15.1. The zero-order chi connectivity index (χ0) is 15.5. The molecule has 8 heteroatoms. The molecule has 0 aromatic carbocycles. The fourth-order valence-electron chi connectivity index (χ4n) is 5.05. The van der Waals surface area contributed by atoms with Gasteiger partial charge < -0.3 is 5.11 Å². The molecule has 21 heavy (non-hydrogen) atoms. The summed E-state index contributed by atoms with van der Waals surface area (Å²) in [5, 5.41) is 11.7. The van der Waals surface area contributed by atoms with Gasteiger partial charge in [-0.05, 0) is 74.0 Å². The normalized spacial score (nSPS) is 39.8. The zero-order valence-corrected chi connectivity index (χ0v) is 12.2. The molecule has 4 fully saturated rings. The van der Waals surface area contributed by atoms with Crippen LogP contribution >= 0.6 is 0 Å². The van der Waals surface area contributed by atoms with Crippen LogP contribution in [0.1, 0.15) is 44.9 Å². The summed E-state index contributed by atoms with van der Waals surface area (Å²) in [4.78, 5) is 0. The van der Waals surface area contributed by atoms with Crippen molar-refractivity contribution >= 4 is 15.9 Å². The number of hydrogen-bond donors (Lipinski definition) is 0. The average Bonchev–Trinajstić information content (AvgIpc) is 2.22. The number of halogens is 3. The minimum Gasteiger partial charge on any atom is -0.861 e. The summed E-state index contributed by atoms with van der Waals surface area (Å²) in [5.41, 5.74) is -5.80. The standard InChI is InChI=1S/C13H18F3NO3S/c14-13(15,16)21(19,20)17-11(18)7-12-4-8-1-9(5-12)3-10(2-8)6-12/h8-10H,1-7H2,(H,17,18)/p-1. The van der Waals surface area contributed by atoms with E-state index < -0.39 is 21.4 Å². The number of rotatable bonds is 3. The van der Waals surface area contributed by atoms with E-state index >= 15 is 0 Å². The maximum atomic E-state index is 12.3. The first-order valence-electron chi connectivity index (χ1n) is 7.16. The number of hydrogen-bond acceptors (Lipinski definition) is 3. The largest absolute Gasteiger partial charge is 0.861 e. The molecule has 4 rings (SSSR count). The van der Waals surface area contributed by atoms with Crippen LogP contribution in [-0.4, -0.2) is 19.8 Å². The molecule has 0 N–H and O–H groups in total. The SMILES string of the molecule is O=S(=O)(N=C([O-])CC12CC3CC(CC(C3)C1)C2)C(F)(F)F. The van der Waals surface area contributed by atoms with Crippen molar-refractivity contribution < 1.29 is 26.7 Å². The van der Waals surface area contributed by atoms with Crippen LogP contribution in [0.25, 0.3) is 0 Å². The smallest absolute Gasteiger partial charge is 0.518 e. The van der Waals surface area contributed by atoms with Crippen molar-refractivity contribution in [3.8, 4) is 0 Å². The van der Waals surface area contributed by atoms with Gasteiger partial charge in [0.2, 0.25) is 0 Å². The van der Waals surface area contributed by atoms with E-state index in [0.717, 1.165) is 38.5 Å². The highest BCUT2D eigenvalue weighted by Gasteiger charge is 2.51. The number of sulfonamides is 1. The number of alkyl halides is 3. The lowest BCUT2D eigenvalue weighted by Gasteiger charge is -2.57. The third-order valence-corrected chi connectivity index (χ3v) is 6.23. The minimum absolute atomic E-state index is 0.161. The quantitative estimate of drug-likeness (QED) is 0.590. The van der Waals surface area contributed by atoms with Gasteiger partial charge in [0.1, 0.15) is 0 Å². The van der Waals surface area contributed by atoms with Crippen LogP contribution in [0.15, 0.2) is 4.40 Å². The molecule has 4 aliphatic carbocycles. The minimum atomic E-state index is -5.71. The predicted octanol–water partition coefficient (Wildman–Crippen LogP) is 2.20. The molecule has 0 unspecified atom stereocenters. The van der Waals surface area contributed by atoms with Gasteiger partial charge in [0.25, 0.3) is 0 Å². The zero-order valence-electron chi connectivity index (χ0n) is 11.4. The van der Waals surface area contributed by atoms with Crippen LogP contribution in [0, 0.1) is 23.2 Å². The van der Waals surface area contributed by atoms with Crippen molar-refractivity contribution in [2.45, 2.75) is 50.5 Å². The van der Waals surface area contributed by atoms with Gasteiger partial charge in [0, 0.05) is 0 Å². The molecule has 0 aromatic heterocycles. The summed E-state index contributed by atoms with van der Waals surface area (Å²) in [7, 11) is -5.71. The number of nitrogens with zero attached hydrogens (tertiary/aromatic N) is 1. The monoisotopic (exact) mass is 324 g/mol. The molecule has 0 amide bonds. The Kier molecular flexibility index (Phi) is 3.31. The Morgan fingerprint density at radius 2 is 1.52 bits per heavy atom. The molecular formula is C13H17F3NO3S-. The molecule has 120 valence electrons.